The molecule has 3 aromatic rings. The molecule has 0 aliphatic heterocycles. The highest BCUT2D eigenvalue weighted by Gasteiger charge is 2.13. The van der Waals surface area contributed by atoms with Crippen LogP contribution in [0, 0.1) is 13.8 Å². The van der Waals surface area contributed by atoms with Gasteiger partial charge in [0.15, 0.2) is 5.13 Å². The third kappa shape index (κ3) is 2.47. The number of carbonyl (C=O) groups excluding carboxylic acids is 1. The van der Waals surface area contributed by atoms with Crippen molar-refractivity contribution in [2.24, 2.45) is 7.05 Å². The van der Waals surface area contributed by atoms with Crippen molar-refractivity contribution in [1.82, 2.24) is 14.8 Å². The molecule has 0 saturated heterocycles. The molecule has 0 spiro atoms. The van der Waals surface area contributed by atoms with Crippen LogP contribution in [0.5, 0.6) is 0 Å². The second-order valence-corrected chi connectivity index (χ2v) is 6.00. The Kier molecular flexibility index (Phi) is 3.13. The van der Waals surface area contributed by atoms with Gasteiger partial charge in [-0.2, -0.15) is 5.10 Å². The monoisotopic (exact) mass is 301 g/mol. The Morgan fingerprint density at radius 3 is 2.76 bits per heavy atom. The molecular weight excluding hydrogens is 286 g/mol. The van der Waals surface area contributed by atoms with Crippen LogP contribution in [0.25, 0.3) is 10.2 Å². The van der Waals surface area contributed by atoms with Gasteiger partial charge in [-0.25, -0.2) is 4.98 Å². The molecule has 0 aliphatic carbocycles. The first-order valence-electron chi connectivity index (χ1n) is 6.42. The zero-order valence-electron chi connectivity index (χ0n) is 12.0. The first kappa shape index (κ1) is 13.6. The maximum Gasteiger partial charge on any atom is 0.273 e. The SMILES string of the molecule is Cc1cc(C(=O)Nc2cc(C)c3nc(N)sc3c2)n(C)n1. The van der Waals surface area contributed by atoms with Crippen molar-refractivity contribution in [2.45, 2.75) is 13.8 Å². The number of nitrogens with zero attached hydrogens (tertiary/aromatic N) is 3. The molecule has 6 nitrogen and oxygen atoms in total. The lowest BCUT2D eigenvalue weighted by Gasteiger charge is -2.06. The van der Waals surface area contributed by atoms with Crippen LogP contribution in [0.3, 0.4) is 0 Å². The zero-order valence-corrected chi connectivity index (χ0v) is 12.8. The number of aryl methyl sites for hydroxylation is 3. The molecule has 0 radical (unpaired) electrons. The molecule has 0 atom stereocenters. The van der Waals surface area contributed by atoms with Crippen LogP contribution >= 0.6 is 11.3 Å². The number of nitrogens with one attached hydrogen (secondary N) is 1. The van der Waals surface area contributed by atoms with Crippen LogP contribution in [0.1, 0.15) is 21.7 Å². The van der Waals surface area contributed by atoms with Crippen molar-refractivity contribution in [3.05, 3.63) is 35.2 Å². The van der Waals surface area contributed by atoms with Crippen molar-refractivity contribution in [1.29, 1.82) is 0 Å². The molecule has 3 N–H and O–H groups in total. The van der Waals surface area contributed by atoms with Crippen molar-refractivity contribution >= 4 is 38.3 Å². The number of thiazole rings is 1. The molecule has 1 amide bonds. The quantitative estimate of drug-likeness (QED) is 0.761. The van der Waals surface area contributed by atoms with Crippen LogP contribution in [0.2, 0.25) is 0 Å². The fraction of sp³-hybridized carbons (Fsp3) is 0.214. The minimum atomic E-state index is -0.186. The van der Waals surface area contributed by atoms with Crippen molar-refractivity contribution < 1.29 is 4.79 Å². The van der Waals surface area contributed by atoms with E-state index in [1.54, 1.807) is 17.8 Å². The molecular formula is C14H15N5OS. The van der Waals surface area contributed by atoms with E-state index in [9.17, 15) is 4.79 Å². The molecule has 0 fully saturated rings. The van der Waals surface area contributed by atoms with Crippen molar-refractivity contribution in [2.75, 3.05) is 11.1 Å². The molecule has 21 heavy (non-hydrogen) atoms. The van der Waals surface area contributed by atoms with Gasteiger partial charge in [0.05, 0.1) is 15.9 Å². The topological polar surface area (TPSA) is 85.8 Å². The summed E-state index contributed by atoms with van der Waals surface area (Å²) >= 11 is 1.41. The number of amides is 1. The number of carbonyl (C=O) groups is 1. The van der Waals surface area contributed by atoms with E-state index >= 15 is 0 Å². The summed E-state index contributed by atoms with van der Waals surface area (Å²) in [6, 6.07) is 5.53. The van der Waals surface area contributed by atoms with Gasteiger partial charge >= 0.3 is 0 Å². The number of rotatable bonds is 2. The van der Waals surface area contributed by atoms with Gasteiger partial charge in [0, 0.05) is 12.7 Å². The Labute approximate surface area is 125 Å². The Hall–Kier alpha value is -2.41. The third-order valence-electron chi connectivity index (χ3n) is 3.19. The van der Waals surface area contributed by atoms with Gasteiger partial charge in [0.2, 0.25) is 0 Å². The van der Waals surface area contributed by atoms with Crippen LogP contribution in [0.4, 0.5) is 10.8 Å². The summed E-state index contributed by atoms with van der Waals surface area (Å²) in [6.45, 7) is 3.80. The highest BCUT2D eigenvalue weighted by molar-refractivity contribution is 7.22. The number of hydrogen-bond acceptors (Lipinski definition) is 5. The van der Waals surface area contributed by atoms with Crippen LogP contribution in [-0.4, -0.2) is 20.7 Å². The minimum absolute atomic E-state index is 0.186. The summed E-state index contributed by atoms with van der Waals surface area (Å²) in [5.74, 6) is -0.186. The predicted molar refractivity (Wildman–Crippen MR) is 84.7 cm³/mol. The number of nitrogens with two attached hydrogens (primary N) is 1. The van der Waals surface area contributed by atoms with Gasteiger partial charge in [-0.15, -0.1) is 0 Å². The first-order valence-corrected chi connectivity index (χ1v) is 7.24. The molecule has 1 aromatic carbocycles. The fourth-order valence-electron chi connectivity index (χ4n) is 2.30. The van der Waals surface area contributed by atoms with Crippen LogP contribution < -0.4 is 11.1 Å². The Morgan fingerprint density at radius 2 is 2.10 bits per heavy atom. The number of aromatic nitrogens is 3. The average molecular weight is 301 g/mol. The summed E-state index contributed by atoms with van der Waals surface area (Å²) in [6.07, 6.45) is 0. The maximum atomic E-state index is 12.3. The normalized spacial score (nSPS) is 11.0. The van der Waals surface area contributed by atoms with Gasteiger partial charge in [0.1, 0.15) is 5.69 Å². The molecule has 0 bridgehead atoms. The second kappa shape index (κ2) is 4.85. The smallest absolute Gasteiger partial charge is 0.273 e. The molecule has 7 heteroatoms. The van der Waals surface area contributed by atoms with Gasteiger partial charge in [0.25, 0.3) is 5.91 Å². The van der Waals surface area contributed by atoms with E-state index in [0.717, 1.165) is 27.2 Å². The molecule has 0 aliphatic rings. The lowest BCUT2D eigenvalue weighted by Crippen LogP contribution is -2.16. The molecule has 3 rings (SSSR count). The number of benzene rings is 1. The lowest BCUT2D eigenvalue weighted by atomic mass is 10.2. The third-order valence-corrected chi connectivity index (χ3v) is 4.03. The van der Waals surface area contributed by atoms with E-state index in [4.69, 9.17) is 5.73 Å². The van der Waals surface area contributed by atoms with Gasteiger partial charge in [-0.05, 0) is 37.6 Å². The minimum Gasteiger partial charge on any atom is -0.375 e. The summed E-state index contributed by atoms with van der Waals surface area (Å²) < 4.78 is 2.53. The second-order valence-electron chi connectivity index (χ2n) is 4.94. The molecule has 2 heterocycles. The number of fused-ring (bicyclic) bond motifs is 1. The summed E-state index contributed by atoms with van der Waals surface area (Å²) in [4.78, 5) is 16.6. The van der Waals surface area contributed by atoms with E-state index in [1.165, 1.54) is 11.3 Å². The largest absolute Gasteiger partial charge is 0.375 e. The highest BCUT2D eigenvalue weighted by Crippen LogP contribution is 2.29. The van der Waals surface area contributed by atoms with Gasteiger partial charge in [-0.1, -0.05) is 11.3 Å². The number of anilines is 2. The summed E-state index contributed by atoms with van der Waals surface area (Å²) in [5.41, 5.74) is 9.66. The van der Waals surface area contributed by atoms with Crippen molar-refractivity contribution in [3.8, 4) is 0 Å². The highest BCUT2D eigenvalue weighted by atomic mass is 32.1. The molecule has 2 aromatic heterocycles. The summed E-state index contributed by atoms with van der Waals surface area (Å²) in [7, 11) is 1.75. The maximum absolute atomic E-state index is 12.3. The standard InChI is InChI=1S/C14H15N5OS/c1-7-4-9(6-11-12(7)17-14(15)21-11)16-13(20)10-5-8(2)18-19(10)3/h4-6H,1-3H3,(H2,15,17)(H,16,20). The predicted octanol–water partition coefficient (Wildman–Crippen LogP) is 2.48. The van der Waals surface area contributed by atoms with Gasteiger partial charge in [-0.3, -0.25) is 9.48 Å². The van der Waals surface area contributed by atoms with Crippen LogP contribution in [-0.2, 0) is 7.05 Å². The Balaban J connectivity index is 1.94. The van der Waals surface area contributed by atoms with Crippen molar-refractivity contribution in [3.63, 3.8) is 0 Å². The van der Waals surface area contributed by atoms with E-state index < -0.39 is 0 Å². The number of nitrogen functional groups attached to an aromatic ring is 1. The van der Waals surface area contributed by atoms with E-state index in [-0.39, 0.29) is 5.91 Å². The fourth-order valence-corrected chi connectivity index (χ4v) is 3.16. The van der Waals surface area contributed by atoms with E-state index in [2.05, 4.69) is 15.4 Å². The molecule has 0 unspecified atom stereocenters. The molecule has 0 saturated carbocycles. The average Bonchev–Trinajstić information content (AvgIpc) is 2.91. The molecule has 108 valence electrons. The van der Waals surface area contributed by atoms with Gasteiger partial charge < -0.3 is 11.1 Å². The van der Waals surface area contributed by atoms with E-state index in [0.29, 0.717) is 10.8 Å². The summed E-state index contributed by atoms with van der Waals surface area (Å²) in [5, 5.41) is 7.60. The van der Waals surface area contributed by atoms with Crippen LogP contribution in [0.15, 0.2) is 18.2 Å². The number of hydrogen-bond donors (Lipinski definition) is 2. The first-order chi connectivity index (χ1) is 9.94. The Morgan fingerprint density at radius 1 is 1.33 bits per heavy atom. The lowest BCUT2D eigenvalue weighted by molar-refractivity contribution is 0.101. The zero-order chi connectivity index (χ0) is 15.1. The Bertz CT molecular complexity index is 849. The van der Waals surface area contributed by atoms with E-state index in [1.807, 2.05) is 26.0 Å².